The number of hydrogen-bond acceptors (Lipinski definition) is 8. The van der Waals surface area contributed by atoms with Crippen LogP contribution in [0.2, 0.25) is 0 Å². The van der Waals surface area contributed by atoms with Crippen LogP contribution >= 0.6 is 0 Å². The van der Waals surface area contributed by atoms with Gasteiger partial charge in [-0.3, -0.25) is 0 Å². The van der Waals surface area contributed by atoms with E-state index >= 15 is 0 Å². The Morgan fingerprint density at radius 1 is 0.462 bits per heavy atom. The van der Waals surface area contributed by atoms with E-state index in [2.05, 4.69) is 0 Å². The second kappa shape index (κ2) is 5.61. The van der Waals surface area contributed by atoms with Gasteiger partial charge in [0.1, 0.15) is 36.6 Å². The molecule has 0 radical (unpaired) electrons. The molecule has 0 saturated carbocycles. The Balaban J connectivity index is 1.40. The van der Waals surface area contributed by atoms with Crippen LogP contribution < -0.4 is 0 Å². The normalized spacial score (nSPS) is 57.0. The SMILES string of the molecule is C[C@@H]1O[C@H]2O[C@H]3[C@H](O[C@H]2[C@@H]2OC(C)(C)O[C@@H]21)O[C@H](C)[C@@H]1OC(C)(C)O[C@@H]13. The Morgan fingerprint density at radius 2 is 0.808 bits per heavy atom. The minimum atomic E-state index is -0.680. The van der Waals surface area contributed by atoms with Crippen LogP contribution in [0.5, 0.6) is 0 Å². The Kier molecular flexibility index (Phi) is 3.83. The number of hydrogen-bond donors (Lipinski definition) is 0. The molecule has 0 N–H and O–H groups in total. The van der Waals surface area contributed by atoms with E-state index in [0.29, 0.717) is 0 Å². The van der Waals surface area contributed by atoms with Crippen molar-refractivity contribution in [2.24, 2.45) is 0 Å². The van der Waals surface area contributed by atoms with Gasteiger partial charge in [0.25, 0.3) is 0 Å². The summed E-state index contributed by atoms with van der Waals surface area (Å²) in [6, 6.07) is 0. The summed E-state index contributed by atoms with van der Waals surface area (Å²) in [5, 5.41) is 0. The molecule has 0 spiro atoms. The van der Waals surface area contributed by atoms with Gasteiger partial charge < -0.3 is 37.9 Å². The molecular formula is C18H28O8. The molecule has 0 aromatic carbocycles. The molecule has 0 amide bonds. The molecule has 0 aromatic rings. The third-order valence-corrected chi connectivity index (χ3v) is 5.72. The quantitative estimate of drug-likeness (QED) is 0.630. The van der Waals surface area contributed by atoms with Crippen molar-refractivity contribution in [3.63, 3.8) is 0 Å². The summed E-state index contributed by atoms with van der Waals surface area (Å²) in [5.41, 5.74) is 0. The summed E-state index contributed by atoms with van der Waals surface area (Å²) in [6.45, 7) is 11.5. The molecule has 148 valence electrons. The molecule has 0 aliphatic carbocycles. The maximum atomic E-state index is 6.28. The molecule has 5 aliphatic heterocycles. The van der Waals surface area contributed by atoms with Crippen molar-refractivity contribution in [2.75, 3.05) is 0 Å². The zero-order chi connectivity index (χ0) is 18.4. The lowest BCUT2D eigenvalue weighted by Crippen LogP contribution is -2.68. The van der Waals surface area contributed by atoms with Crippen LogP contribution in [0.4, 0.5) is 0 Å². The second-order valence-electron chi connectivity index (χ2n) is 8.75. The minimum absolute atomic E-state index is 0.167. The summed E-state index contributed by atoms with van der Waals surface area (Å²) < 4.78 is 48.9. The molecule has 8 nitrogen and oxygen atoms in total. The van der Waals surface area contributed by atoms with E-state index in [4.69, 9.17) is 37.9 Å². The molecule has 5 heterocycles. The number of fused-ring (bicyclic) bond motifs is 6. The molecule has 5 aliphatic rings. The first kappa shape index (κ1) is 17.8. The maximum absolute atomic E-state index is 6.28. The van der Waals surface area contributed by atoms with E-state index in [9.17, 15) is 0 Å². The van der Waals surface area contributed by atoms with Crippen LogP contribution in [0.1, 0.15) is 41.5 Å². The third kappa shape index (κ3) is 2.66. The summed E-state index contributed by atoms with van der Waals surface area (Å²) in [4.78, 5) is 0. The molecule has 0 unspecified atom stereocenters. The van der Waals surface area contributed by atoms with Crippen molar-refractivity contribution in [1.29, 1.82) is 0 Å². The standard InChI is InChI=1S/C18H28O8/c1-7-9-11(25-17(3,4)23-9)13-15(19-7)21-14-12-10(24-18(5,6)26-12)8(2)20-16(14)22-13/h7-16H,1-6H3/t7-,8+,9+,10-,11+,12-,13-,14+,15-,16-/m0/s1. The minimum Gasteiger partial charge on any atom is -0.344 e. The summed E-state index contributed by atoms with van der Waals surface area (Å²) >= 11 is 0. The molecule has 0 aromatic heterocycles. The van der Waals surface area contributed by atoms with Crippen molar-refractivity contribution in [3.05, 3.63) is 0 Å². The lowest BCUT2D eigenvalue weighted by Gasteiger charge is -2.51. The van der Waals surface area contributed by atoms with Crippen LogP contribution in [-0.2, 0) is 37.9 Å². The topological polar surface area (TPSA) is 73.8 Å². The summed E-state index contributed by atoms with van der Waals surface area (Å²) in [6.07, 6.45) is -3.24. The van der Waals surface area contributed by atoms with Crippen LogP contribution in [0.15, 0.2) is 0 Å². The van der Waals surface area contributed by atoms with Gasteiger partial charge in [-0.1, -0.05) is 0 Å². The van der Waals surface area contributed by atoms with E-state index < -0.39 is 36.4 Å². The Hall–Kier alpha value is -0.320. The number of rotatable bonds is 0. The van der Waals surface area contributed by atoms with E-state index in [1.165, 1.54) is 0 Å². The summed E-state index contributed by atoms with van der Waals surface area (Å²) in [5.74, 6) is -1.36. The third-order valence-electron chi connectivity index (χ3n) is 5.72. The van der Waals surface area contributed by atoms with Gasteiger partial charge >= 0.3 is 0 Å². The first-order chi connectivity index (χ1) is 12.1. The Labute approximate surface area is 153 Å². The highest BCUT2D eigenvalue weighted by Crippen LogP contribution is 2.46. The van der Waals surface area contributed by atoms with E-state index in [-0.39, 0.29) is 36.6 Å². The lowest BCUT2D eigenvalue weighted by molar-refractivity contribution is -0.414. The zero-order valence-electron chi connectivity index (χ0n) is 16.0. The average molecular weight is 372 g/mol. The first-order valence-corrected chi connectivity index (χ1v) is 9.47. The van der Waals surface area contributed by atoms with Crippen LogP contribution in [0.3, 0.4) is 0 Å². The monoisotopic (exact) mass is 372 g/mol. The van der Waals surface area contributed by atoms with E-state index in [1.807, 2.05) is 41.5 Å². The number of ether oxygens (including phenoxy) is 8. The van der Waals surface area contributed by atoms with Crippen molar-refractivity contribution in [3.8, 4) is 0 Å². The highest BCUT2D eigenvalue weighted by Gasteiger charge is 2.63. The Bertz CT molecular complexity index is 530. The van der Waals surface area contributed by atoms with Crippen LogP contribution in [0, 0.1) is 0 Å². The fourth-order valence-corrected chi connectivity index (χ4v) is 4.72. The Morgan fingerprint density at radius 3 is 1.19 bits per heavy atom. The molecule has 0 bridgehead atoms. The van der Waals surface area contributed by atoms with E-state index in [0.717, 1.165) is 0 Å². The van der Waals surface area contributed by atoms with Gasteiger partial charge in [-0.15, -0.1) is 0 Å². The van der Waals surface area contributed by atoms with Crippen LogP contribution in [-0.4, -0.2) is 73.0 Å². The van der Waals surface area contributed by atoms with Gasteiger partial charge in [0.05, 0.1) is 12.2 Å². The van der Waals surface area contributed by atoms with Crippen molar-refractivity contribution in [2.45, 2.75) is 115 Å². The molecule has 8 heteroatoms. The predicted molar refractivity (Wildman–Crippen MR) is 86.1 cm³/mol. The van der Waals surface area contributed by atoms with Crippen molar-refractivity contribution >= 4 is 0 Å². The predicted octanol–water partition coefficient (Wildman–Crippen LogP) is 1.30. The maximum Gasteiger partial charge on any atom is 0.187 e. The summed E-state index contributed by atoms with van der Waals surface area (Å²) in [7, 11) is 0. The van der Waals surface area contributed by atoms with E-state index in [1.54, 1.807) is 0 Å². The van der Waals surface area contributed by atoms with Gasteiger partial charge in [-0.2, -0.15) is 0 Å². The highest BCUT2D eigenvalue weighted by atomic mass is 16.8. The largest absolute Gasteiger partial charge is 0.344 e. The molecule has 5 saturated heterocycles. The average Bonchev–Trinajstić information content (AvgIpc) is 3.03. The van der Waals surface area contributed by atoms with Gasteiger partial charge in [-0.25, -0.2) is 0 Å². The van der Waals surface area contributed by atoms with Gasteiger partial charge in [0.2, 0.25) is 0 Å². The molecular weight excluding hydrogens is 344 g/mol. The van der Waals surface area contributed by atoms with Crippen LogP contribution in [0.25, 0.3) is 0 Å². The fraction of sp³-hybridized carbons (Fsp3) is 1.00. The zero-order valence-corrected chi connectivity index (χ0v) is 16.0. The van der Waals surface area contributed by atoms with Crippen molar-refractivity contribution < 1.29 is 37.9 Å². The molecule has 5 fully saturated rings. The molecule has 5 rings (SSSR count). The van der Waals surface area contributed by atoms with Crippen molar-refractivity contribution in [1.82, 2.24) is 0 Å². The van der Waals surface area contributed by atoms with Gasteiger partial charge in [-0.05, 0) is 41.5 Å². The molecule has 10 atom stereocenters. The molecule has 26 heavy (non-hydrogen) atoms. The smallest absolute Gasteiger partial charge is 0.187 e. The lowest BCUT2D eigenvalue weighted by atomic mass is 9.95. The van der Waals surface area contributed by atoms with Gasteiger partial charge in [0, 0.05) is 0 Å². The fourth-order valence-electron chi connectivity index (χ4n) is 4.72. The first-order valence-electron chi connectivity index (χ1n) is 9.47. The second-order valence-corrected chi connectivity index (χ2v) is 8.75. The highest BCUT2D eigenvalue weighted by molar-refractivity contribution is 5.02. The van der Waals surface area contributed by atoms with Gasteiger partial charge in [0.15, 0.2) is 24.2 Å².